The fourth-order valence-electron chi connectivity index (χ4n) is 2.08. The summed E-state index contributed by atoms with van der Waals surface area (Å²) in [4.78, 5) is 0. The summed E-state index contributed by atoms with van der Waals surface area (Å²) >= 11 is 0. The van der Waals surface area contributed by atoms with Crippen molar-refractivity contribution in [2.75, 3.05) is 0 Å². The van der Waals surface area contributed by atoms with Crippen LogP contribution in [0.3, 0.4) is 0 Å². The fourth-order valence-corrected chi connectivity index (χ4v) is 2.08. The summed E-state index contributed by atoms with van der Waals surface area (Å²) in [7, 11) is 0. The molecule has 1 unspecified atom stereocenters. The highest BCUT2D eigenvalue weighted by atomic mass is 19.4. The molecule has 0 saturated heterocycles. The van der Waals surface area contributed by atoms with Gasteiger partial charge in [0, 0.05) is 11.6 Å². The number of hydrogen-bond acceptors (Lipinski definition) is 1. The lowest BCUT2D eigenvalue weighted by atomic mass is 9.88. The molecule has 1 nitrogen and oxygen atoms in total. The van der Waals surface area contributed by atoms with Crippen LogP contribution < -0.4 is 5.73 Å². The Morgan fingerprint density at radius 3 is 2.17 bits per heavy atom. The molecule has 1 atom stereocenters. The van der Waals surface area contributed by atoms with E-state index in [1.54, 1.807) is 0 Å². The van der Waals surface area contributed by atoms with Crippen molar-refractivity contribution < 1.29 is 17.6 Å². The number of nitrogens with two attached hydrogens (primary N) is 1. The summed E-state index contributed by atoms with van der Waals surface area (Å²) in [6.45, 7) is 3.78. The normalized spacial score (nSPS) is 14.0. The highest BCUT2D eigenvalue weighted by Gasteiger charge is 2.35. The van der Waals surface area contributed by atoms with Crippen molar-refractivity contribution in [1.82, 2.24) is 0 Å². The Labute approximate surface area is 104 Å². The minimum Gasteiger partial charge on any atom is -0.324 e. The zero-order valence-electron chi connectivity index (χ0n) is 10.4. The molecule has 1 aromatic rings. The molecule has 18 heavy (non-hydrogen) atoms. The first-order valence-corrected chi connectivity index (χ1v) is 5.94. The van der Waals surface area contributed by atoms with Gasteiger partial charge in [0.05, 0.1) is 5.56 Å². The molecule has 0 heterocycles. The van der Waals surface area contributed by atoms with Gasteiger partial charge in [-0.25, -0.2) is 4.39 Å². The van der Waals surface area contributed by atoms with Crippen LogP contribution in [0.2, 0.25) is 0 Å². The maximum atomic E-state index is 13.9. The number of benzene rings is 1. The summed E-state index contributed by atoms with van der Waals surface area (Å²) in [6.07, 6.45) is -3.28. The number of rotatable bonds is 4. The molecule has 0 aliphatic heterocycles. The molecule has 0 spiro atoms. The van der Waals surface area contributed by atoms with Crippen LogP contribution in [-0.2, 0) is 6.18 Å². The minimum atomic E-state index is -4.69. The molecule has 0 aliphatic rings. The summed E-state index contributed by atoms with van der Waals surface area (Å²) < 4.78 is 51.6. The maximum Gasteiger partial charge on any atom is 0.419 e. The standard InChI is InChI=1S/C13H17F4N/c1-3-8(4-2)12(18)9-6-5-7-10(11(9)14)13(15,16)17/h5-8,12H,3-4,18H2,1-2H3. The van der Waals surface area contributed by atoms with Crippen molar-refractivity contribution >= 4 is 0 Å². The van der Waals surface area contributed by atoms with Gasteiger partial charge in [-0.3, -0.25) is 0 Å². The van der Waals surface area contributed by atoms with Crippen LogP contribution in [0.1, 0.15) is 43.9 Å². The predicted molar refractivity (Wildman–Crippen MR) is 62.4 cm³/mol. The molecule has 0 radical (unpaired) electrons. The largest absolute Gasteiger partial charge is 0.419 e. The Kier molecular flexibility index (Phi) is 4.73. The summed E-state index contributed by atoms with van der Waals surface area (Å²) in [6, 6.07) is 2.55. The third-order valence-corrected chi connectivity index (χ3v) is 3.25. The first-order chi connectivity index (χ1) is 8.32. The van der Waals surface area contributed by atoms with Crippen LogP contribution >= 0.6 is 0 Å². The molecule has 0 aromatic heterocycles. The number of halogens is 4. The average Bonchev–Trinajstić information content (AvgIpc) is 2.29. The van der Waals surface area contributed by atoms with Crippen LogP contribution in [0.15, 0.2) is 18.2 Å². The summed E-state index contributed by atoms with van der Waals surface area (Å²) in [5.41, 5.74) is 4.56. The molecule has 2 N–H and O–H groups in total. The zero-order valence-corrected chi connectivity index (χ0v) is 10.4. The Morgan fingerprint density at radius 2 is 1.72 bits per heavy atom. The quantitative estimate of drug-likeness (QED) is 0.806. The van der Waals surface area contributed by atoms with Crippen LogP contribution in [0, 0.1) is 11.7 Å². The monoisotopic (exact) mass is 263 g/mol. The van der Waals surface area contributed by atoms with E-state index in [1.807, 2.05) is 13.8 Å². The van der Waals surface area contributed by atoms with E-state index in [0.717, 1.165) is 6.07 Å². The first kappa shape index (κ1) is 15.0. The molecule has 0 amide bonds. The molecular weight excluding hydrogens is 246 g/mol. The molecule has 1 aromatic carbocycles. The Balaban J connectivity index is 3.19. The Morgan fingerprint density at radius 1 is 1.17 bits per heavy atom. The van der Waals surface area contributed by atoms with E-state index < -0.39 is 23.6 Å². The van der Waals surface area contributed by atoms with Crippen molar-refractivity contribution in [2.24, 2.45) is 11.7 Å². The van der Waals surface area contributed by atoms with E-state index in [-0.39, 0.29) is 11.5 Å². The third kappa shape index (κ3) is 3.02. The molecule has 0 fully saturated rings. The topological polar surface area (TPSA) is 26.0 Å². The Bertz CT molecular complexity index is 396. The van der Waals surface area contributed by atoms with E-state index in [9.17, 15) is 17.6 Å². The molecular formula is C13H17F4N. The van der Waals surface area contributed by atoms with Gasteiger partial charge in [0.2, 0.25) is 0 Å². The van der Waals surface area contributed by atoms with E-state index in [4.69, 9.17) is 5.73 Å². The number of alkyl halides is 3. The van der Waals surface area contributed by atoms with Crippen LogP contribution in [-0.4, -0.2) is 0 Å². The average molecular weight is 263 g/mol. The highest BCUT2D eigenvalue weighted by molar-refractivity contribution is 5.30. The van der Waals surface area contributed by atoms with E-state index >= 15 is 0 Å². The van der Waals surface area contributed by atoms with Crippen LogP contribution in [0.4, 0.5) is 17.6 Å². The summed E-state index contributed by atoms with van der Waals surface area (Å²) in [5.74, 6) is -1.27. The van der Waals surface area contributed by atoms with Gasteiger partial charge in [-0.15, -0.1) is 0 Å². The van der Waals surface area contributed by atoms with E-state index in [2.05, 4.69) is 0 Å². The van der Waals surface area contributed by atoms with Crippen molar-refractivity contribution in [3.05, 3.63) is 35.1 Å². The SMILES string of the molecule is CCC(CC)C(N)c1cccc(C(F)(F)F)c1F. The molecule has 0 saturated carbocycles. The minimum absolute atomic E-state index is 0.0250. The van der Waals surface area contributed by atoms with Crippen molar-refractivity contribution in [3.8, 4) is 0 Å². The highest BCUT2D eigenvalue weighted by Crippen LogP contribution is 2.35. The van der Waals surface area contributed by atoms with Crippen LogP contribution in [0.5, 0.6) is 0 Å². The molecule has 0 bridgehead atoms. The zero-order chi connectivity index (χ0) is 13.9. The first-order valence-electron chi connectivity index (χ1n) is 5.94. The van der Waals surface area contributed by atoms with Gasteiger partial charge in [0.1, 0.15) is 5.82 Å². The molecule has 5 heteroatoms. The van der Waals surface area contributed by atoms with Gasteiger partial charge in [-0.05, 0) is 12.0 Å². The van der Waals surface area contributed by atoms with E-state index in [0.29, 0.717) is 12.8 Å². The molecule has 102 valence electrons. The van der Waals surface area contributed by atoms with Gasteiger partial charge in [0.15, 0.2) is 0 Å². The van der Waals surface area contributed by atoms with Gasteiger partial charge < -0.3 is 5.73 Å². The van der Waals surface area contributed by atoms with Gasteiger partial charge in [0.25, 0.3) is 0 Å². The second kappa shape index (κ2) is 5.69. The van der Waals surface area contributed by atoms with E-state index in [1.165, 1.54) is 12.1 Å². The Hall–Kier alpha value is -1.10. The van der Waals surface area contributed by atoms with Crippen molar-refractivity contribution in [2.45, 2.75) is 38.9 Å². The number of hydrogen-bond donors (Lipinski definition) is 1. The van der Waals surface area contributed by atoms with Gasteiger partial charge in [-0.1, -0.05) is 38.8 Å². The van der Waals surface area contributed by atoms with Gasteiger partial charge in [-0.2, -0.15) is 13.2 Å². The van der Waals surface area contributed by atoms with Gasteiger partial charge >= 0.3 is 6.18 Å². The lowest BCUT2D eigenvalue weighted by Crippen LogP contribution is -2.23. The second-order valence-electron chi connectivity index (χ2n) is 4.31. The molecule has 0 aliphatic carbocycles. The maximum absolute atomic E-state index is 13.9. The lowest BCUT2D eigenvalue weighted by Gasteiger charge is -2.23. The second-order valence-corrected chi connectivity index (χ2v) is 4.31. The smallest absolute Gasteiger partial charge is 0.324 e. The summed E-state index contributed by atoms with van der Waals surface area (Å²) in [5, 5.41) is 0. The van der Waals surface area contributed by atoms with Crippen LogP contribution in [0.25, 0.3) is 0 Å². The van der Waals surface area contributed by atoms with Crippen molar-refractivity contribution in [1.29, 1.82) is 0 Å². The van der Waals surface area contributed by atoms with Crippen molar-refractivity contribution in [3.63, 3.8) is 0 Å². The molecule has 1 rings (SSSR count). The third-order valence-electron chi connectivity index (χ3n) is 3.25. The fraction of sp³-hybridized carbons (Fsp3) is 0.538. The predicted octanol–water partition coefficient (Wildman–Crippen LogP) is 4.28. The lowest BCUT2D eigenvalue weighted by molar-refractivity contribution is -0.140.